The van der Waals surface area contributed by atoms with Crippen LogP contribution in [0.3, 0.4) is 0 Å². The Morgan fingerprint density at radius 2 is 1.95 bits per heavy atom. The molecule has 0 fully saturated rings. The summed E-state index contributed by atoms with van der Waals surface area (Å²) in [5.41, 5.74) is 1.92. The van der Waals surface area contributed by atoms with Gasteiger partial charge in [-0.1, -0.05) is 35.9 Å². The molecule has 0 aliphatic heterocycles. The molecule has 0 aromatic heterocycles. The van der Waals surface area contributed by atoms with Crippen LogP contribution in [0, 0.1) is 0 Å². The molecule has 0 radical (unpaired) electrons. The standard InChI is InChI=1S/C18H18ClNO2/c1-13(15-7-9-16(19)10-8-15)20-18(21)11-6-14-4-3-5-17(12-14)22-2/h3-13H,1-2H3,(H,20,21)/b11-6+/t13-/m1/s1. The minimum Gasteiger partial charge on any atom is -0.497 e. The van der Waals surface area contributed by atoms with Crippen LogP contribution in [0.1, 0.15) is 24.1 Å². The van der Waals surface area contributed by atoms with E-state index in [1.807, 2.05) is 55.5 Å². The Hall–Kier alpha value is -2.26. The Morgan fingerprint density at radius 1 is 1.23 bits per heavy atom. The highest BCUT2D eigenvalue weighted by molar-refractivity contribution is 6.30. The van der Waals surface area contributed by atoms with E-state index in [0.29, 0.717) is 5.02 Å². The minimum absolute atomic E-state index is 0.0836. The van der Waals surface area contributed by atoms with Crippen molar-refractivity contribution in [1.82, 2.24) is 5.32 Å². The number of methoxy groups -OCH3 is 1. The molecule has 0 bridgehead atoms. The lowest BCUT2D eigenvalue weighted by Gasteiger charge is -2.12. The summed E-state index contributed by atoms with van der Waals surface area (Å²) < 4.78 is 5.15. The van der Waals surface area contributed by atoms with Gasteiger partial charge in [-0.15, -0.1) is 0 Å². The van der Waals surface area contributed by atoms with E-state index in [2.05, 4.69) is 5.32 Å². The molecule has 2 aromatic carbocycles. The van der Waals surface area contributed by atoms with Crippen LogP contribution >= 0.6 is 11.6 Å². The summed E-state index contributed by atoms with van der Waals surface area (Å²) >= 11 is 5.86. The number of hydrogen-bond acceptors (Lipinski definition) is 2. The summed E-state index contributed by atoms with van der Waals surface area (Å²) in [6.07, 6.45) is 3.27. The van der Waals surface area contributed by atoms with Crippen molar-refractivity contribution in [2.24, 2.45) is 0 Å². The second-order valence-corrected chi connectivity index (χ2v) is 5.33. The van der Waals surface area contributed by atoms with Crippen molar-refractivity contribution in [3.63, 3.8) is 0 Å². The van der Waals surface area contributed by atoms with Crippen molar-refractivity contribution >= 4 is 23.6 Å². The Kier molecular flexibility index (Phi) is 5.61. The first-order valence-corrected chi connectivity index (χ1v) is 7.34. The number of carbonyl (C=O) groups is 1. The van der Waals surface area contributed by atoms with Gasteiger partial charge in [-0.05, 0) is 48.4 Å². The molecule has 0 aliphatic rings. The molecule has 1 amide bonds. The van der Waals surface area contributed by atoms with Crippen LogP contribution in [-0.4, -0.2) is 13.0 Å². The van der Waals surface area contributed by atoms with Gasteiger partial charge in [0.05, 0.1) is 13.2 Å². The summed E-state index contributed by atoms with van der Waals surface area (Å²) in [6, 6.07) is 14.9. The average molecular weight is 316 g/mol. The molecule has 22 heavy (non-hydrogen) atoms. The maximum atomic E-state index is 12.0. The molecule has 0 heterocycles. The van der Waals surface area contributed by atoms with Crippen LogP contribution in [0.4, 0.5) is 0 Å². The van der Waals surface area contributed by atoms with Crippen LogP contribution in [0.5, 0.6) is 5.75 Å². The van der Waals surface area contributed by atoms with Gasteiger partial charge in [-0.2, -0.15) is 0 Å². The van der Waals surface area contributed by atoms with Gasteiger partial charge in [0.2, 0.25) is 5.91 Å². The molecule has 0 aliphatic carbocycles. The van der Waals surface area contributed by atoms with Crippen molar-refractivity contribution in [3.05, 3.63) is 70.8 Å². The van der Waals surface area contributed by atoms with Crippen LogP contribution in [-0.2, 0) is 4.79 Å². The fourth-order valence-corrected chi connectivity index (χ4v) is 2.14. The third-order valence-electron chi connectivity index (χ3n) is 3.25. The van der Waals surface area contributed by atoms with Gasteiger partial charge in [0.25, 0.3) is 0 Å². The molecule has 1 N–H and O–H groups in total. The first kappa shape index (κ1) is 16.1. The zero-order valence-corrected chi connectivity index (χ0v) is 13.3. The molecule has 1 atom stereocenters. The maximum absolute atomic E-state index is 12.0. The monoisotopic (exact) mass is 315 g/mol. The Bertz CT molecular complexity index is 665. The number of amides is 1. The summed E-state index contributed by atoms with van der Waals surface area (Å²) in [6.45, 7) is 1.93. The lowest BCUT2D eigenvalue weighted by atomic mass is 10.1. The van der Waals surface area contributed by atoms with Gasteiger partial charge in [-0.25, -0.2) is 0 Å². The van der Waals surface area contributed by atoms with E-state index in [-0.39, 0.29) is 11.9 Å². The van der Waals surface area contributed by atoms with E-state index in [9.17, 15) is 4.79 Å². The first-order chi connectivity index (χ1) is 10.6. The zero-order valence-electron chi connectivity index (χ0n) is 12.5. The molecule has 2 aromatic rings. The molecule has 3 nitrogen and oxygen atoms in total. The summed E-state index contributed by atoms with van der Waals surface area (Å²) in [5, 5.41) is 3.60. The molecule has 114 valence electrons. The molecule has 0 saturated carbocycles. The van der Waals surface area contributed by atoms with Gasteiger partial charge < -0.3 is 10.1 Å². The van der Waals surface area contributed by atoms with E-state index in [1.54, 1.807) is 13.2 Å². The van der Waals surface area contributed by atoms with Crippen LogP contribution in [0.15, 0.2) is 54.6 Å². The van der Waals surface area contributed by atoms with Crippen LogP contribution < -0.4 is 10.1 Å². The molecule has 2 rings (SSSR count). The Balaban J connectivity index is 1.96. The fraction of sp³-hybridized carbons (Fsp3) is 0.167. The second-order valence-electron chi connectivity index (χ2n) is 4.89. The summed E-state index contributed by atoms with van der Waals surface area (Å²) in [7, 11) is 1.61. The quantitative estimate of drug-likeness (QED) is 0.838. The summed E-state index contributed by atoms with van der Waals surface area (Å²) in [4.78, 5) is 12.0. The number of ether oxygens (including phenoxy) is 1. The Morgan fingerprint density at radius 3 is 2.64 bits per heavy atom. The number of hydrogen-bond donors (Lipinski definition) is 1. The lowest BCUT2D eigenvalue weighted by Crippen LogP contribution is -2.24. The van der Waals surface area contributed by atoms with Gasteiger partial charge in [-0.3, -0.25) is 4.79 Å². The average Bonchev–Trinajstić information content (AvgIpc) is 2.53. The number of rotatable bonds is 5. The van der Waals surface area contributed by atoms with E-state index in [1.165, 1.54) is 6.08 Å². The topological polar surface area (TPSA) is 38.3 Å². The Labute approximate surface area is 135 Å². The van der Waals surface area contributed by atoms with E-state index in [0.717, 1.165) is 16.9 Å². The third-order valence-corrected chi connectivity index (χ3v) is 3.50. The highest BCUT2D eigenvalue weighted by Gasteiger charge is 2.07. The molecule has 0 unspecified atom stereocenters. The van der Waals surface area contributed by atoms with Crippen LogP contribution in [0.25, 0.3) is 6.08 Å². The van der Waals surface area contributed by atoms with E-state index in [4.69, 9.17) is 16.3 Å². The largest absolute Gasteiger partial charge is 0.497 e. The lowest BCUT2D eigenvalue weighted by molar-refractivity contribution is -0.117. The third kappa shape index (κ3) is 4.64. The van der Waals surface area contributed by atoms with Crippen molar-refractivity contribution in [2.45, 2.75) is 13.0 Å². The van der Waals surface area contributed by atoms with Crippen LogP contribution in [0.2, 0.25) is 5.02 Å². The fourth-order valence-electron chi connectivity index (χ4n) is 2.01. The number of halogens is 1. The van der Waals surface area contributed by atoms with Gasteiger partial charge in [0.1, 0.15) is 5.75 Å². The number of nitrogens with one attached hydrogen (secondary N) is 1. The van der Waals surface area contributed by atoms with Gasteiger partial charge in [0, 0.05) is 11.1 Å². The van der Waals surface area contributed by atoms with Crippen molar-refractivity contribution in [1.29, 1.82) is 0 Å². The van der Waals surface area contributed by atoms with Crippen molar-refractivity contribution < 1.29 is 9.53 Å². The second kappa shape index (κ2) is 7.66. The van der Waals surface area contributed by atoms with E-state index < -0.39 is 0 Å². The van der Waals surface area contributed by atoms with Crippen molar-refractivity contribution in [2.75, 3.05) is 7.11 Å². The molecular formula is C18H18ClNO2. The van der Waals surface area contributed by atoms with Gasteiger partial charge in [0.15, 0.2) is 0 Å². The highest BCUT2D eigenvalue weighted by Crippen LogP contribution is 2.16. The molecular weight excluding hydrogens is 298 g/mol. The number of benzene rings is 2. The smallest absolute Gasteiger partial charge is 0.244 e. The zero-order chi connectivity index (χ0) is 15.9. The summed E-state index contributed by atoms with van der Waals surface area (Å²) in [5.74, 6) is 0.613. The first-order valence-electron chi connectivity index (χ1n) is 6.96. The predicted octanol–water partition coefficient (Wildman–Crippen LogP) is 4.24. The maximum Gasteiger partial charge on any atom is 0.244 e. The van der Waals surface area contributed by atoms with Gasteiger partial charge >= 0.3 is 0 Å². The highest BCUT2D eigenvalue weighted by atomic mass is 35.5. The molecule has 0 spiro atoms. The van der Waals surface area contributed by atoms with E-state index >= 15 is 0 Å². The van der Waals surface area contributed by atoms with Crippen molar-refractivity contribution in [3.8, 4) is 5.75 Å². The number of carbonyl (C=O) groups excluding carboxylic acids is 1. The predicted molar refractivity (Wildman–Crippen MR) is 90.0 cm³/mol. The minimum atomic E-state index is -0.148. The normalized spacial score (nSPS) is 12.1. The molecule has 0 saturated heterocycles. The molecule has 4 heteroatoms. The SMILES string of the molecule is COc1cccc(/C=C/C(=O)N[C@H](C)c2ccc(Cl)cc2)c1.